The van der Waals surface area contributed by atoms with Crippen molar-refractivity contribution in [2.45, 2.75) is 31.7 Å². The van der Waals surface area contributed by atoms with Crippen LogP contribution in [-0.2, 0) is 9.53 Å². The molecule has 0 radical (unpaired) electrons. The average Bonchev–Trinajstić information content (AvgIpc) is 2.35. The monoisotopic (exact) mass is 268 g/mol. The van der Waals surface area contributed by atoms with Gasteiger partial charge in [-0.3, -0.25) is 4.79 Å². The highest BCUT2D eigenvalue weighted by Gasteiger charge is 2.45. The van der Waals surface area contributed by atoms with Gasteiger partial charge >= 0.3 is 0 Å². The van der Waals surface area contributed by atoms with Crippen LogP contribution in [0.1, 0.15) is 13.3 Å². The number of fused-ring (bicyclic) bond motifs is 2. The Bertz CT molecular complexity index is 487. The number of piperazine rings is 1. The molecule has 7 nitrogen and oxygen atoms in total. The molecule has 0 aliphatic carbocycles. The van der Waals surface area contributed by atoms with E-state index in [2.05, 4.69) is 0 Å². The molecule has 3 atom stereocenters. The zero-order valence-corrected chi connectivity index (χ0v) is 10.5. The van der Waals surface area contributed by atoms with Gasteiger partial charge in [0.25, 0.3) is 5.91 Å². The van der Waals surface area contributed by atoms with E-state index in [-0.39, 0.29) is 23.4 Å². The van der Waals surface area contributed by atoms with Crippen LogP contribution >= 0.6 is 0 Å². The van der Waals surface area contributed by atoms with Crippen LogP contribution in [-0.4, -0.2) is 62.6 Å². The van der Waals surface area contributed by atoms with Crippen LogP contribution in [0.5, 0.6) is 0 Å². The van der Waals surface area contributed by atoms with Crippen molar-refractivity contribution in [1.29, 1.82) is 0 Å². The summed E-state index contributed by atoms with van der Waals surface area (Å²) in [5, 5.41) is 29.0. The summed E-state index contributed by atoms with van der Waals surface area (Å²) in [6.07, 6.45) is 0.0668. The Morgan fingerprint density at radius 1 is 1.42 bits per heavy atom. The van der Waals surface area contributed by atoms with Crippen molar-refractivity contribution in [3.05, 3.63) is 23.4 Å². The van der Waals surface area contributed by atoms with E-state index in [0.29, 0.717) is 13.2 Å². The third-order valence-corrected chi connectivity index (χ3v) is 3.78. The van der Waals surface area contributed by atoms with E-state index in [9.17, 15) is 20.1 Å². The van der Waals surface area contributed by atoms with E-state index in [1.807, 2.05) is 6.92 Å². The molecule has 0 spiro atoms. The summed E-state index contributed by atoms with van der Waals surface area (Å²) in [5.41, 5.74) is 0.0129. The van der Waals surface area contributed by atoms with Crippen molar-refractivity contribution in [1.82, 2.24) is 9.80 Å². The number of aliphatic hydroxyl groups excluding tert-OH is 3. The first-order valence-electron chi connectivity index (χ1n) is 6.23. The van der Waals surface area contributed by atoms with E-state index < -0.39 is 18.1 Å². The predicted molar refractivity (Wildman–Crippen MR) is 63.7 cm³/mol. The van der Waals surface area contributed by atoms with Crippen molar-refractivity contribution >= 4 is 5.91 Å². The van der Waals surface area contributed by atoms with Gasteiger partial charge in [-0.05, 0) is 13.3 Å². The fourth-order valence-electron chi connectivity index (χ4n) is 2.73. The molecule has 0 bridgehead atoms. The molecule has 0 saturated carbocycles. The molecule has 2 fully saturated rings. The van der Waals surface area contributed by atoms with Crippen LogP contribution in [0.25, 0.3) is 0 Å². The van der Waals surface area contributed by atoms with Crippen molar-refractivity contribution in [3.8, 4) is 0 Å². The standard InChI is InChI=1S/C12H16N2O5/c1-6-2-3-19-8-5-13-4-7(15)10(16)11(17)9(13)12(18)14(6)8/h4,6,8,10,15-17H,2-3,5H2,1H3/t6-,8+,10?/m0/s1. The minimum absolute atomic E-state index is 0.0129. The maximum Gasteiger partial charge on any atom is 0.276 e. The molecule has 104 valence electrons. The molecule has 1 unspecified atom stereocenters. The fraction of sp³-hybridized carbons (Fsp3) is 0.583. The molecular formula is C12H16N2O5. The Labute approximate surface area is 110 Å². The molecule has 1 amide bonds. The van der Waals surface area contributed by atoms with Gasteiger partial charge in [0.2, 0.25) is 0 Å². The van der Waals surface area contributed by atoms with Crippen LogP contribution in [0.15, 0.2) is 23.4 Å². The highest BCUT2D eigenvalue weighted by atomic mass is 16.5. The first-order valence-corrected chi connectivity index (χ1v) is 6.23. The summed E-state index contributed by atoms with van der Waals surface area (Å²) in [6, 6.07) is 0.0188. The number of hydrogen-bond donors (Lipinski definition) is 3. The maximum absolute atomic E-state index is 12.4. The number of hydrogen-bond acceptors (Lipinski definition) is 6. The number of amides is 1. The molecule has 19 heavy (non-hydrogen) atoms. The number of ether oxygens (including phenoxy) is 1. The number of rotatable bonds is 0. The third-order valence-electron chi connectivity index (χ3n) is 3.78. The average molecular weight is 268 g/mol. The Morgan fingerprint density at radius 2 is 2.16 bits per heavy atom. The molecular weight excluding hydrogens is 252 g/mol. The largest absolute Gasteiger partial charge is 0.508 e. The fourth-order valence-corrected chi connectivity index (χ4v) is 2.73. The molecule has 3 aliphatic rings. The zero-order chi connectivity index (χ0) is 13.7. The van der Waals surface area contributed by atoms with Crippen molar-refractivity contribution in [2.75, 3.05) is 13.2 Å². The minimum atomic E-state index is -1.53. The molecule has 3 N–H and O–H groups in total. The van der Waals surface area contributed by atoms with Gasteiger partial charge in [-0.25, -0.2) is 0 Å². The lowest BCUT2D eigenvalue weighted by Gasteiger charge is -2.48. The smallest absolute Gasteiger partial charge is 0.276 e. The second-order valence-corrected chi connectivity index (χ2v) is 5.02. The van der Waals surface area contributed by atoms with Crippen LogP contribution in [0.3, 0.4) is 0 Å². The molecule has 3 heterocycles. The number of carbonyl (C=O) groups excluding carboxylic acids is 1. The Hall–Kier alpha value is -1.73. The van der Waals surface area contributed by atoms with Gasteiger partial charge in [0.05, 0.1) is 13.2 Å². The van der Waals surface area contributed by atoms with E-state index >= 15 is 0 Å². The number of nitrogens with zero attached hydrogens (tertiary/aromatic N) is 2. The van der Waals surface area contributed by atoms with Crippen molar-refractivity contribution < 1.29 is 24.9 Å². The van der Waals surface area contributed by atoms with Crippen LogP contribution < -0.4 is 0 Å². The second-order valence-electron chi connectivity index (χ2n) is 5.02. The Kier molecular flexibility index (Phi) is 2.68. The third kappa shape index (κ3) is 1.69. The SMILES string of the molecule is C[C@H]1CCO[C@@H]2CN3C=C(O)C(O)C(O)=C3C(=O)N12. The summed E-state index contributed by atoms with van der Waals surface area (Å²) in [7, 11) is 0. The quantitative estimate of drug-likeness (QED) is 0.564. The van der Waals surface area contributed by atoms with Gasteiger partial charge in [-0.15, -0.1) is 0 Å². The van der Waals surface area contributed by atoms with Gasteiger partial charge < -0.3 is 29.9 Å². The highest BCUT2D eigenvalue weighted by Crippen LogP contribution is 2.32. The predicted octanol–water partition coefficient (Wildman–Crippen LogP) is -0.191. The van der Waals surface area contributed by atoms with Gasteiger partial charge in [-0.2, -0.15) is 0 Å². The lowest BCUT2D eigenvalue weighted by atomic mass is 10.0. The van der Waals surface area contributed by atoms with E-state index in [4.69, 9.17) is 4.74 Å². The van der Waals surface area contributed by atoms with Gasteiger partial charge in [0.1, 0.15) is 11.5 Å². The Morgan fingerprint density at radius 3 is 2.89 bits per heavy atom. The van der Waals surface area contributed by atoms with Gasteiger partial charge in [0, 0.05) is 12.2 Å². The first-order chi connectivity index (χ1) is 9.00. The number of aliphatic hydroxyl groups is 3. The van der Waals surface area contributed by atoms with Gasteiger partial charge in [0.15, 0.2) is 18.1 Å². The lowest BCUT2D eigenvalue weighted by molar-refractivity contribution is -0.171. The minimum Gasteiger partial charge on any atom is -0.508 e. The molecule has 3 rings (SSSR count). The van der Waals surface area contributed by atoms with Crippen LogP contribution in [0, 0.1) is 0 Å². The molecule has 7 heteroatoms. The molecule has 2 saturated heterocycles. The first kappa shape index (κ1) is 12.3. The van der Waals surface area contributed by atoms with Crippen molar-refractivity contribution in [3.63, 3.8) is 0 Å². The summed E-state index contributed by atoms with van der Waals surface area (Å²) < 4.78 is 5.55. The molecule has 0 aromatic rings. The van der Waals surface area contributed by atoms with E-state index in [1.165, 1.54) is 11.1 Å². The van der Waals surface area contributed by atoms with Crippen LogP contribution in [0.4, 0.5) is 0 Å². The second kappa shape index (κ2) is 4.14. The zero-order valence-electron chi connectivity index (χ0n) is 10.5. The highest BCUT2D eigenvalue weighted by molar-refractivity contribution is 5.95. The van der Waals surface area contributed by atoms with E-state index in [0.717, 1.165) is 6.42 Å². The molecule has 0 aromatic heterocycles. The Balaban J connectivity index is 2.00. The number of carbonyl (C=O) groups is 1. The lowest BCUT2D eigenvalue weighted by Crippen LogP contribution is -2.61. The van der Waals surface area contributed by atoms with Gasteiger partial charge in [-0.1, -0.05) is 0 Å². The van der Waals surface area contributed by atoms with Crippen LogP contribution in [0.2, 0.25) is 0 Å². The molecule has 3 aliphatic heterocycles. The summed E-state index contributed by atoms with van der Waals surface area (Å²) >= 11 is 0. The summed E-state index contributed by atoms with van der Waals surface area (Å²) in [5.74, 6) is -1.28. The summed E-state index contributed by atoms with van der Waals surface area (Å²) in [4.78, 5) is 15.4. The maximum atomic E-state index is 12.4. The van der Waals surface area contributed by atoms with E-state index in [1.54, 1.807) is 4.90 Å². The van der Waals surface area contributed by atoms with Crippen molar-refractivity contribution in [2.24, 2.45) is 0 Å². The molecule has 0 aromatic carbocycles. The normalized spacial score (nSPS) is 34.9. The summed E-state index contributed by atoms with van der Waals surface area (Å²) in [6.45, 7) is 2.83. The topological polar surface area (TPSA) is 93.5 Å².